The molecule has 2 N–H and O–H groups in total. The highest BCUT2D eigenvalue weighted by Gasteiger charge is 2.30. The van der Waals surface area contributed by atoms with Gasteiger partial charge in [0, 0.05) is 31.4 Å². The maximum atomic E-state index is 12.7. The fourth-order valence-corrected chi connectivity index (χ4v) is 3.32. The molecule has 24 heavy (non-hydrogen) atoms. The summed E-state index contributed by atoms with van der Waals surface area (Å²) >= 11 is 0. The van der Waals surface area contributed by atoms with Crippen molar-refractivity contribution in [3.63, 3.8) is 0 Å². The Hall–Kier alpha value is -2.34. The molecule has 1 aromatic carbocycles. The second-order valence-electron chi connectivity index (χ2n) is 6.44. The summed E-state index contributed by atoms with van der Waals surface area (Å²) in [5.74, 6) is 0. The van der Waals surface area contributed by atoms with Crippen molar-refractivity contribution in [1.82, 2.24) is 14.7 Å². The number of urea groups is 1. The molecule has 1 aromatic heterocycles. The van der Waals surface area contributed by atoms with Crippen molar-refractivity contribution in [3.05, 3.63) is 36.5 Å². The van der Waals surface area contributed by atoms with E-state index in [1.165, 1.54) is 0 Å². The summed E-state index contributed by atoms with van der Waals surface area (Å²) in [6.45, 7) is 2.49. The summed E-state index contributed by atoms with van der Waals surface area (Å²) in [7, 11) is 1.84. The molecule has 3 rings (SSSR count). The number of benzene rings is 1. The molecule has 0 spiro atoms. The van der Waals surface area contributed by atoms with Crippen LogP contribution in [0.2, 0.25) is 0 Å². The van der Waals surface area contributed by atoms with Crippen molar-refractivity contribution in [1.29, 1.82) is 0 Å². The van der Waals surface area contributed by atoms with E-state index in [-0.39, 0.29) is 12.1 Å². The molecule has 2 unspecified atom stereocenters. The van der Waals surface area contributed by atoms with Crippen LogP contribution in [0.4, 0.5) is 10.5 Å². The van der Waals surface area contributed by atoms with E-state index < -0.39 is 6.10 Å². The van der Waals surface area contributed by atoms with E-state index in [1.807, 2.05) is 48.5 Å². The van der Waals surface area contributed by atoms with E-state index in [9.17, 15) is 9.90 Å². The number of aliphatic hydroxyl groups is 1. The highest BCUT2D eigenvalue weighted by molar-refractivity contribution is 5.93. The molecular formula is C18H24N4O2. The second kappa shape index (κ2) is 7.05. The lowest BCUT2D eigenvalue weighted by Gasteiger charge is -2.25. The molecule has 128 valence electrons. The number of anilines is 1. The van der Waals surface area contributed by atoms with Gasteiger partial charge in [-0.15, -0.1) is 0 Å². The Morgan fingerprint density at radius 2 is 2.17 bits per heavy atom. The van der Waals surface area contributed by atoms with E-state index in [0.29, 0.717) is 12.1 Å². The number of rotatable bonds is 4. The van der Waals surface area contributed by atoms with Crippen LogP contribution in [0.25, 0.3) is 11.3 Å². The number of nitrogens with zero attached hydrogens (tertiary/aromatic N) is 3. The quantitative estimate of drug-likeness (QED) is 0.906. The molecule has 1 aliphatic rings. The third-order valence-corrected chi connectivity index (χ3v) is 4.37. The lowest BCUT2D eigenvalue weighted by molar-refractivity contribution is 0.142. The van der Waals surface area contributed by atoms with Gasteiger partial charge in [-0.25, -0.2) is 4.79 Å². The van der Waals surface area contributed by atoms with Crippen LogP contribution in [0.3, 0.4) is 0 Å². The zero-order valence-corrected chi connectivity index (χ0v) is 14.1. The Balaban J connectivity index is 1.78. The molecule has 2 amide bonds. The molecule has 6 nitrogen and oxygen atoms in total. The molecule has 0 radical (unpaired) electrons. The first-order valence-electron chi connectivity index (χ1n) is 8.39. The Kier molecular flexibility index (Phi) is 4.85. The average Bonchev–Trinajstić information content (AvgIpc) is 3.14. The van der Waals surface area contributed by atoms with E-state index >= 15 is 0 Å². The molecule has 2 heterocycles. The van der Waals surface area contributed by atoms with E-state index in [0.717, 1.165) is 30.6 Å². The zero-order valence-electron chi connectivity index (χ0n) is 14.1. The summed E-state index contributed by atoms with van der Waals surface area (Å²) < 4.78 is 1.70. The minimum absolute atomic E-state index is 0.0989. The van der Waals surface area contributed by atoms with Crippen LogP contribution in [0, 0.1) is 0 Å². The van der Waals surface area contributed by atoms with Crippen molar-refractivity contribution >= 4 is 11.7 Å². The van der Waals surface area contributed by atoms with Crippen LogP contribution in [-0.4, -0.2) is 44.5 Å². The number of aryl methyl sites for hydroxylation is 1. The molecule has 6 heteroatoms. The number of likely N-dealkylation sites (tertiary alicyclic amines) is 1. The molecule has 2 aromatic rings. The van der Waals surface area contributed by atoms with Crippen LogP contribution < -0.4 is 5.32 Å². The van der Waals surface area contributed by atoms with Crippen molar-refractivity contribution in [2.45, 2.75) is 38.3 Å². The largest absolute Gasteiger partial charge is 0.393 e. The van der Waals surface area contributed by atoms with Crippen LogP contribution in [0.1, 0.15) is 26.2 Å². The highest BCUT2D eigenvalue weighted by Crippen LogP contribution is 2.28. The number of nitrogens with one attached hydrogen (secondary N) is 1. The van der Waals surface area contributed by atoms with Crippen molar-refractivity contribution in [2.75, 3.05) is 11.9 Å². The molecule has 1 aliphatic heterocycles. The molecular weight excluding hydrogens is 304 g/mol. The molecule has 0 saturated carbocycles. The first-order valence-corrected chi connectivity index (χ1v) is 8.39. The fourth-order valence-electron chi connectivity index (χ4n) is 3.32. The highest BCUT2D eigenvalue weighted by atomic mass is 16.3. The first kappa shape index (κ1) is 16.5. The Morgan fingerprint density at radius 3 is 2.88 bits per heavy atom. The Morgan fingerprint density at radius 1 is 1.42 bits per heavy atom. The fraction of sp³-hybridized carbons (Fsp3) is 0.444. The molecule has 0 bridgehead atoms. The Labute approximate surface area is 142 Å². The van der Waals surface area contributed by atoms with Crippen molar-refractivity contribution < 1.29 is 9.90 Å². The lowest BCUT2D eigenvalue weighted by atomic mass is 10.1. The number of hydrogen-bond donors (Lipinski definition) is 2. The molecule has 0 aliphatic carbocycles. The number of aromatic nitrogens is 2. The third kappa shape index (κ3) is 3.59. The van der Waals surface area contributed by atoms with Crippen molar-refractivity contribution in [2.24, 2.45) is 7.05 Å². The number of hydrogen-bond acceptors (Lipinski definition) is 3. The van der Waals surface area contributed by atoms with Gasteiger partial charge in [-0.3, -0.25) is 4.68 Å². The van der Waals surface area contributed by atoms with E-state index in [2.05, 4.69) is 10.4 Å². The van der Waals surface area contributed by atoms with Gasteiger partial charge in [0.15, 0.2) is 0 Å². The molecule has 2 atom stereocenters. The normalized spacial score (nSPS) is 18.6. The lowest BCUT2D eigenvalue weighted by Crippen LogP contribution is -2.40. The number of amides is 2. The smallest absolute Gasteiger partial charge is 0.322 e. The monoisotopic (exact) mass is 328 g/mol. The maximum Gasteiger partial charge on any atom is 0.322 e. The number of aliphatic hydroxyl groups excluding tert-OH is 1. The first-order chi connectivity index (χ1) is 11.5. The topological polar surface area (TPSA) is 70.4 Å². The minimum atomic E-state index is -0.401. The van der Waals surface area contributed by atoms with Gasteiger partial charge in [-0.05, 0) is 26.2 Å². The summed E-state index contributed by atoms with van der Waals surface area (Å²) in [5, 5.41) is 17.1. The van der Waals surface area contributed by atoms with Crippen molar-refractivity contribution in [3.8, 4) is 11.3 Å². The zero-order chi connectivity index (χ0) is 17.1. The van der Waals surface area contributed by atoms with Gasteiger partial charge >= 0.3 is 6.03 Å². The standard InChI is InChI=1S/C18H24N4O2/c1-13(23)11-15-9-6-10-22(15)18(24)19-16-12-21(2)20-17(16)14-7-4-3-5-8-14/h3-5,7-8,12-13,15,23H,6,9-11H2,1-2H3,(H,19,24). The third-order valence-electron chi connectivity index (χ3n) is 4.37. The van der Waals surface area contributed by atoms with Gasteiger partial charge in [-0.1, -0.05) is 30.3 Å². The number of carbonyl (C=O) groups is 1. The van der Waals surface area contributed by atoms with Crippen LogP contribution in [0.5, 0.6) is 0 Å². The van der Waals surface area contributed by atoms with Crippen LogP contribution in [0.15, 0.2) is 36.5 Å². The van der Waals surface area contributed by atoms with Gasteiger partial charge < -0.3 is 15.3 Å². The molecule has 1 saturated heterocycles. The predicted molar refractivity (Wildman–Crippen MR) is 93.7 cm³/mol. The number of carbonyl (C=O) groups excluding carboxylic acids is 1. The van der Waals surface area contributed by atoms with Gasteiger partial charge in [-0.2, -0.15) is 5.10 Å². The summed E-state index contributed by atoms with van der Waals surface area (Å²) in [6, 6.07) is 9.79. The maximum absolute atomic E-state index is 12.7. The van der Waals surface area contributed by atoms with E-state index in [4.69, 9.17) is 0 Å². The minimum Gasteiger partial charge on any atom is -0.393 e. The van der Waals surface area contributed by atoms with Gasteiger partial charge in [0.25, 0.3) is 0 Å². The Bertz CT molecular complexity index is 696. The predicted octanol–water partition coefficient (Wildman–Crippen LogP) is 2.85. The van der Waals surface area contributed by atoms with Gasteiger partial charge in [0.2, 0.25) is 0 Å². The molecule has 1 fully saturated rings. The summed E-state index contributed by atoms with van der Waals surface area (Å²) in [5.41, 5.74) is 2.43. The van der Waals surface area contributed by atoms with Gasteiger partial charge in [0.05, 0.1) is 11.8 Å². The van der Waals surface area contributed by atoms with Crippen LogP contribution in [-0.2, 0) is 7.05 Å². The average molecular weight is 328 g/mol. The second-order valence-corrected chi connectivity index (χ2v) is 6.44. The van der Waals surface area contributed by atoms with E-state index in [1.54, 1.807) is 11.6 Å². The summed E-state index contributed by atoms with van der Waals surface area (Å²) in [4.78, 5) is 14.5. The van der Waals surface area contributed by atoms with Crippen LogP contribution >= 0.6 is 0 Å². The van der Waals surface area contributed by atoms with Gasteiger partial charge in [0.1, 0.15) is 5.69 Å². The SMILES string of the molecule is CC(O)CC1CCCN1C(=O)Nc1cn(C)nc1-c1ccccc1. The summed E-state index contributed by atoms with van der Waals surface area (Å²) in [6.07, 6.45) is 3.95.